The Bertz CT molecular complexity index is 1250. The molecule has 1 atom stereocenters. The highest BCUT2D eigenvalue weighted by Gasteiger charge is 2.23. The molecule has 1 unspecified atom stereocenters. The Morgan fingerprint density at radius 3 is 2.48 bits per heavy atom. The second-order valence-corrected chi connectivity index (χ2v) is 10.8. The molecule has 2 N–H and O–H groups in total. The number of sulfone groups is 1. The highest BCUT2D eigenvalue weighted by atomic mass is 32.2. The summed E-state index contributed by atoms with van der Waals surface area (Å²) in [7, 11) is -3.26. The molecule has 1 aliphatic rings. The van der Waals surface area contributed by atoms with Gasteiger partial charge < -0.3 is 10.6 Å². The van der Waals surface area contributed by atoms with Gasteiger partial charge in [0.15, 0.2) is 15.5 Å². The highest BCUT2D eigenvalue weighted by molar-refractivity contribution is 7.90. The van der Waals surface area contributed by atoms with E-state index in [2.05, 4.69) is 20.7 Å². The van der Waals surface area contributed by atoms with E-state index in [1.807, 2.05) is 18.5 Å². The van der Waals surface area contributed by atoms with Gasteiger partial charge in [0, 0.05) is 25.0 Å². The molecule has 4 rings (SSSR count). The molecule has 0 spiro atoms. The SMILES string of the molecule is CCn1ncc2c(NC3CCCCC3)c(C(=O)NC(C)c3ccc(S(C)(=O)=O)cc3)cnc21. The molecule has 2 aromatic heterocycles. The third kappa shape index (κ3) is 5.03. The van der Waals surface area contributed by atoms with Crippen molar-refractivity contribution in [3.8, 4) is 0 Å². The van der Waals surface area contributed by atoms with E-state index in [1.165, 1.54) is 25.5 Å². The van der Waals surface area contributed by atoms with Crippen molar-refractivity contribution in [1.29, 1.82) is 0 Å². The number of carbonyl (C=O) groups excluding carboxylic acids is 1. The molecule has 0 bridgehead atoms. The van der Waals surface area contributed by atoms with Gasteiger partial charge in [-0.05, 0) is 44.4 Å². The maximum absolute atomic E-state index is 13.3. The zero-order valence-electron chi connectivity index (χ0n) is 19.3. The molecule has 0 aliphatic heterocycles. The number of nitrogens with one attached hydrogen (secondary N) is 2. The molecule has 33 heavy (non-hydrogen) atoms. The fraction of sp³-hybridized carbons (Fsp3) is 0.458. The van der Waals surface area contributed by atoms with Crippen molar-refractivity contribution < 1.29 is 13.2 Å². The Kier molecular flexibility index (Phi) is 6.69. The summed E-state index contributed by atoms with van der Waals surface area (Å²) in [5, 5.41) is 12.0. The number of aromatic nitrogens is 3. The van der Waals surface area contributed by atoms with Gasteiger partial charge in [0.05, 0.1) is 33.8 Å². The Labute approximate surface area is 194 Å². The largest absolute Gasteiger partial charge is 0.381 e. The van der Waals surface area contributed by atoms with Crippen molar-refractivity contribution in [1.82, 2.24) is 20.1 Å². The van der Waals surface area contributed by atoms with Crippen molar-refractivity contribution in [3.05, 3.63) is 47.8 Å². The van der Waals surface area contributed by atoms with Crippen molar-refractivity contribution in [2.45, 2.75) is 69.5 Å². The minimum absolute atomic E-state index is 0.230. The maximum Gasteiger partial charge on any atom is 0.255 e. The van der Waals surface area contributed by atoms with Crippen LogP contribution in [0.4, 0.5) is 5.69 Å². The number of benzene rings is 1. The summed E-state index contributed by atoms with van der Waals surface area (Å²) in [4.78, 5) is 18.1. The molecule has 1 fully saturated rings. The molecule has 0 saturated heterocycles. The number of hydrogen-bond donors (Lipinski definition) is 2. The van der Waals surface area contributed by atoms with Crippen LogP contribution in [-0.4, -0.2) is 41.4 Å². The first-order valence-corrected chi connectivity index (χ1v) is 13.4. The Hall–Kier alpha value is -2.94. The first-order valence-electron chi connectivity index (χ1n) is 11.5. The van der Waals surface area contributed by atoms with E-state index in [0.29, 0.717) is 18.2 Å². The number of rotatable bonds is 7. The van der Waals surface area contributed by atoms with E-state index >= 15 is 0 Å². The summed E-state index contributed by atoms with van der Waals surface area (Å²) in [6, 6.07) is 6.61. The molecule has 1 saturated carbocycles. The van der Waals surface area contributed by atoms with Gasteiger partial charge in [-0.25, -0.2) is 18.1 Å². The van der Waals surface area contributed by atoms with Crippen LogP contribution in [0.25, 0.3) is 11.0 Å². The minimum atomic E-state index is -3.26. The van der Waals surface area contributed by atoms with Crippen molar-refractivity contribution >= 4 is 32.5 Å². The minimum Gasteiger partial charge on any atom is -0.381 e. The lowest BCUT2D eigenvalue weighted by molar-refractivity contribution is 0.0940. The van der Waals surface area contributed by atoms with Gasteiger partial charge in [-0.1, -0.05) is 31.4 Å². The number of aryl methyl sites for hydroxylation is 1. The normalized spacial score (nSPS) is 16.0. The molecular formula is C24H31N5O3S. The molecule has 8 nitrogen and oxygen atoms in total. The third-order valence-electron chi connectivity index (χ3n) is 6.32. The van der Waals surface area contributed by atoms with Gasteiger partial charge >= 0.3 is 0 Å². The second-order valence-electron chi connectivity index (χ2n) is 8.76. The zero-order chi connectivity index (χ0) is 23.6. The van der Waals surface area contributed by atoms with Gasteiger partial charge in [0.2, 0.25) is 0 Å². The van der Waals surface area contributed by atoms with Gasteiger partial charge in [-0.2, -0.15) is 5.10 Å². The number of nitrogens with zero attached hydrogens (tertiary/aromatic N) is 3. The average molecular weight is 470 g/mol. The molecular weight excluding hydrogens is 438 g/mol. The smallest absolute Gasteiger partial charge is 0.255 e. The first-order chi connectivity index (χ1) is 15.8. The van der Waals surface area contributed by atoms with Crippen molar-refractivity contribution in [2.24, 2.45) is 0 Å². The van der Waals surface area contributed by atoms with E-state index in [9.17, 15) is 13.2 Å². The number of anilines is 1. The molecule has 3 aromatic rings. The molecule has 2 heterocycles. The van der Waals surface area contributed by atoms with E-state index in [1.54, 1.807) is 36.7 Å². The maximum atomic E-state index is 13.3. The van der Waals surface area contributed by atoms with Crippen LogP contribution >= 0.6 is 0 Å². The van der Waals surface area contributed by atoms with Gasteiger partial charge in [0.1, 0.15) is 0 Å². The Morgan fingerprint density at radius 2 is 1.85 bits per heavy atom. The predicted octanol–water partition coefficient (Wildman–Crippen LogP) is 4.09. The van der Waals surface area contributed by atoms with Crippen LogP contribution in [0.1, 0.15) is 67.9 Å². The van der Waals surface area contributed by atoms with Gasteiger partial charge in [0.25, 0.3) is 5.91 Å². The van der Waals surface area contributed by atoms with Crippen molar-refractivity contribution in [3.63, 3.8) is 0 Å². The fourth-order valence-electron chi connectivity index (χ4n) is 4.40. The third-order valence-corrected chi connectivity index (χ3v) is 7.45. The Balaban J connectivity index is 1.62. The van der Waals surface area contributed by atoms with Crippen LogP contribution in [0, 0.1) is 0 Å². The summed E-state index contributed by atoms with van der Waals surface area (Å²) >= 11 is 0. The van der Waals surface area contributed by atoms with E-state index in [0.717, 1.165) is 35.1 Å². The summed E-state index contributed by atoms with van der Waals surface area (Å²) in [5.74, 6) is -0.230. The lowest BCUT2D eigenvalue weighted by Gasteiger charge is -2.25. The number of amides is 1. The second kappa shape index (κ2) is 9.51. The summed E-state index contributed by atoms with van der Waals surface area (Å²) in [6.07, 6.45) is 10.4. The van der Waals surface area contributed by atoms with Crippen molar-refractivity contribution in [2.75, 3.05) is 11.6 Å². The van der Waals surface area contributed by atoms with Crippen LogP contribution in [0.15, 0.2) is 41.6 Å². The number of carbonyl (C=O) groups is 1. The summed E-state index contributed by atoms with van der Waals surface area (Å²) in [6.45, 7) is 4.59. The number of pyridine rings is 1. The number of fused-ring (bicyclic) bond motifs is 1. The standard InChI is InChI=1S/C24H31N5O3S/c1-4-29-23-20(15-26-29)22(28-18-8-6-5-7-9-18)21(14-25-23)24(30)27-16(2)17-10-12-19(13-11-17)33(3,31)32/h10-16,18H,4-9H2,1-3H3,(H,25,28)(H,27,30). The molecule has 1 aromatic carbocycles. The van der Waals surface area contributed by atoms with Crippen LogP contribution in [0.3, 0.4) is 0 Å². The molecule has 0 radical (unpaired) electrons. The van der Waals surface area contributed by atoms with Crippen LogP contribution in [-0.2, 0) is 16.4 Å². The molecule has 1 aliphatic carbocycles. The lowest BCUT2D eigenvalue weighted by atomic mass is 9.95. The number of hydrogen-bond acceptors (Lipinski definition) is 6. The highest BCUT2D eigenvalue weighted by Crippen LogP contribution is 2.30. The molecule has 1 amide bonds. The molecule has 9 heteroatoms. The molecule has 176 valence electrons. The van der Waals surface area contributed by atoms with Crippen LogP contribution in [0.2, 0.25) is 0 Å². The van der Waals surface area contributed by atoms with E-state index in [4.69, 9.17) is 0 Å². The fourth-order valence-corrected chi connectivity index (χ4v) is 5.03. The Morgan fingerprint density at radius 1 is 1.15 bits per heavy atom. The van der Waals surface area contributed by atoms with Crippen LogP contribution < -0.4 is 10.6 Å². The van der Waals surface area contributed by atoms with Gasteiger partial charge in [-0.15, -0.1) is 0 Å². The quantitative estimate of drug-likeness (QED) is 0.540. The zero-order valence-corrected chi connectivity index (χ0v) is 20.2. The van der Waals surface area contributed by atoms with Crippen LogP contribution in [0.5, 0.6) is 0 Å². The topological polar surface area (TPSA) is 106 Å². The van der Waals surface area contributed by atoms with E-state index < -0.39 is 9.84 Å². The summed E-state index contributed by atoms with van der Waals surface area (Å²) < 4.78 is 25.3. The average Bonchev–Trinajstić information content (AvgIpc) is 3.23. The first kappa shape index (κ1) is 23.2. The predicted molar refractivity (Wildman–Crippen MR) is 129 cm³/mol. The van der Waals surface area contributed by atoms with E-state index in [-0.39, 0.29) is 16.8 Å². The monoisotopic (exact) mass is 469 g/mol. The summed E-state index contributed by atoms with van der Waals surface area (Å²) in [5.41, 5.74) is 2.86. The lowest BCUT2D eigenvalue weighted by Crippen LogP contribution is -2.29. The van der Waals surface area contributed by atoms with Gasteiger partial charge in [-0.3, -0.25) is 4.79 Å².